The Morgan fingerprint density at radius 2 is 2.28 bits per heavy atom. The maximum absolute atomic E-state index is 13.1. The van der Waals surface area contributed by atoms with Gasteiger partial charge in [-0.15, -0.1) is 0 Å². The van der Waals surface area contributed by atoms with E-state index in [9.17, 15) is 9.18 Å². The summed E-state index contributed by atoms with van der Waals surface area (Å²) in [6.45, 7) is 0. The molecule has 1 fully saturated rings. The van der Waals surface area contributed by atoms with Crippen LogP contribution in [0.5, 0.6) is 0 Å². The molecule has 1 aliphatic rings. The molecule has 0 atom stereocenters. The highest BCUT2D eigenvalue weighted by Crippen LogP contribution is 2.38. The van der Waals surface area contributed by atoms with Crippen molar-refractivity contribution >= 4 is 16.9 Å². The summed E-state index contributed by atoms with van der Waals surface area (Å²) in [4.78, 5) is 11.3. The van der Waals surface area contributed by atoms with Crippen LogP contribution in [0.15, 0.2) is 24.4 Å². The van der Waals surface area contributed by atoms with Crippen molar-refractivity contribution in [2.75, 3.05) is 7.11 Å². The summed E-state index contributed by atoms with van der Waals surface area (Å²) in [5.41, 5.74) is 0.776. The molecular weight excluding hydrogens is 235 g/mol. The zero-order chi connectivity index (χ0) is 12.7. The molecule has 0 radical (unpaired) electrons. The molecule has 1 aromatic carbocycles. The highest BCUT2D eigenvalue weighted by atomic mass is 19.1. The number of methoxy groups -OCH3 is 1. The van der Waals surface area contributed by atoms with Gasteiger partial charge in [0.1, 0.15) is 5.82 Å². The summed E-state index contributed by atoms with van der Waals surface area (Å²) in [7, 11) is 1.40. The molecular formula is C13H13FN2O2. The molecule has 2 aromatic rings. The van der Waals surface area contributed by atoms with E-state index in [0.29, 0.717) is 0 Å². The van der Waals surface area contributed by atoms with Gasteiger partial charge in [0, 0.05) is 11.6 Å². The number of halogens is 1. The first-order valence-corrected chi connectivity index (χ1v) is 5.89. The van der Waals surface area contributed by atoms with Gasteiger partial charge in [0.15, 0.2) is 0 Å². The van der Waals surface area contributed by atoms with Gasteiger partial charge >= 0.3 is 5.97 Å². The molecule has 4 nitrogen and oxygen atoms in total. The molecule has 94 valence electrons. The second kappa shape index (κ2) is 4.08. The van der Waals surface area contributed by atoms with Gasteiger partial charge in [-0.05, 0) is 31.0 Å². The number of ether oxygens (including phenoxy) is 1. The van der Waals surface area contributed by atoms with Crippen LogP contribution in [0, 0.1) is 11.7 Å². The quantitative estimate of drug-likeness (QED) is 0.766. The third-order valence-corrected chi connectivity index (χ3v) is 3.51. The number of carbonyl (C=O) groups excluding carboxylic acids is 1. The van der Waals surface area contributed by atoms with Gasteiger partial charge < -0.3 is 4.74 Å². The van der Waals surface area contributed by atoms with Crippen LogP contribution < -0.4 is 0 Å². The minimum atomic E-state index is -0.261. The second-order valence-electron chi connectivity index (χ2n) is 4.66. The lowest BCUT2D eigenvalue weighted by Crippen LogP contribution is -2.33. The summed E-state index contributed by atoms with van der Waals surface area (Å²) in [5, 5.41) is 5.18. The third kappa shape index (κ3) is 1.75. The minimum Gasteiger partial charge on any atom is -0.469 e. The highest BCUT2D eigenvalue weighted by molar-refractivity contribution is 5.78. The molecule has 1 aromatic heterocycles. The smallest absolute Gasteiger partial charge is 0.308 e. The molecule has 18 heavy (non-hydrogen) atoms. The Bertz CT molecular complexity index is 602. The van der Waals surface area contributed by atoms with Crippen molar-refractivity contribution in [3.05, 3.63) is 30.2 Å². The van der Waals surface area contributed by atoms with Crippen LogP contribution >= 0.6 is 0 Å². The Kier molecular flexibility index (Phi) is 2.54. The summed E-state index contributed by atoms with van der Waals surface area (Å²) in [6.07, 6.45) is 3.31. The van der Waals surface area contributed by atoms with Gasteiger partial charge in [0.25, 0.3) is 0 Å². The average molecular weight is 248 g/mol. The molecule has 0 unspecified atom stereocenters. The number of rotatable bonds is 2. The number of esters is 1. The van der Waals surface area contributed by atoms with E-state index >= 15 is 0 Å². The normalized spacial score (nSPS) is 22.8. The van der Waals surface area contributed by atoms with Gasteiger partial charge in [-0.2, -0.15) is 5.10 Å². The number of hydrogen-bond acceptors (Lipinski definition) is 3. The fourth-order valence-corrected chi connectivity index (χ4v) is 2.37. The van der Waals surface area contributed by atoms with Crippen molar-refractivity contribution in [1.82, 2.24) is 9.78 Å². The van der Waals surface area contributed by atoms with E-state index in [1.165, 1.54) is 19.2 Å². The molecule has 1 aliphatic carbocycles. The zero-order valence-corrected chi connectivity index (χ0v) is 9.97. The van der Waals surface area contributed by atoms with Gasteiger partial charge in [-0.25, -0.2) is 4.39 Å². The van der Waals surface area contributed by atoms with Gasteiger partial charge in [-0.1, -0.05) is 0 Å². The van der Waals surface area contributed by atoms with Crippen LogP contribution in [0.1, 0.15) is 18.9 Å². The Hall–Kier alpha value is -1.91. The molecule has 0 bridgehead atoms. The lowest BCUT2D eigenvalue weighted by Gasteiger charge is -2.33. The Morgan fingerprint density at radius 1 is 1.50 bits per heavy atom. The van der Waals surface area contributed by atoms with Crippen LogP contribution in [0.2, 0.25) is 0 Å². The van der Waals surface area contributed by atoms with Crippen molar-refractivity contribution in [3.8, 4) is 0 Å². The molecule has 1 saturated carbocycles. The lowest BCUT2D eigenvalue weighted by molar-refractivity contribution is -0.149. The number of nitrogens with zero attached hydrogens (tertiary/aromatic N) is 2. The maximum atomic E-state index is 13.1. The maximum Gasteiger partial charge on any atom is 0.308 e. The monoisotopic (exact) mass is 248 g/mol. The molecule has 0 spiro atoms. The molecule has 1 heterocycles. The van der Waals surface area contributed by atoms with E-state index in [0.717, 1.165) is 23.7 Å². The van der Waals surface area contributed by atoms with E-state index in [4.69, 9.17) is 4.74 Å². The average Bonchev–Trinajstić information content (AvgIpc) is 2.69. The minimum absolute atomic E-state index is 0.0240. The Labute approximate surface area is 103 Å². The lowest BCUT2D eigenvalue weighted by atomic mass is 9.80. The molecule has 0 aliphatic heterocycles. The van der Waals surface area contributed by atoms with Crippen molar-refractivity contribution < 1.29 is 13.9 Å². The van der Waals surface area contributed by atoms with E-state index in [2.05, 4.69) is 5.10 Å². The molecule has 3 rings (SSSR count). The SMILES string of the molecule is COC(=O)[C@H]1C[C@@H](n2cc3cc(F)ccc3n2)C1. The van der Waals surface area contributed by atoms with Crippen LogP contribution in [0.25, 0.3) is 10.9 Å². The standard InChI is InChI=1S/C13H13FN2O2/c1-18-13(17)8-5-11(6-8)16-7-9-4-10(14)2-3-12(9)15-16/h2-4,7-8,11H,5-6H2,1H3/t8-,11+. The number of carbonyl (C=O) groups is 1. The molecule has 0 amide bonds. The largest absolute Gasteiger partial charge is 0.469 e. The van der Waals surface area contributed by atoms with E-state index in [1.54, 1.807) is 6.07 Å². The zero-order valence-electron chi connectivity index (χ0n) is 9.97. The summed E-state index contributed by atoms with van der Waals surface area (Å²) >= 11 is 0. The summed E-state index contributed by atoms with van der Waals surface area (Å²) < 4.78 is 19.6. The number of fused-ring (bicyclic) bond motifs is 1. The predicted octanol–water partition coefficient (Wildman–Crippen LogP) is 2.30. The van der Waals surface area contributed by atoms with E-state index < -0.39 is 0 Å². The van der Waals surface area contributed by atoms with Crippen LogP contribution in [-0.4, -0.2) is 22.9 Å². The van der Waals surface area contributed by atoms with Gasteiger partial charge in [0.05, 0.1) is 24.6 Å². The molecule has 0 saturated heterocycles. The molecule has 5 heteroatoms. The van der Waals surface area contributed by atoms with E-state index in [-0.39, 0.29) is 23.7 Å². The highest BCUT2D eigenvalue weighted by Gasteiger charge is 2.36. The first-order valence-electron chi connectivity index (χ1n) is 5.89. The number of benzene rings is 1. The first-order chi connectivity index (χ1) is 8.67. The fraction of sp³-hybridized carbons (Fsp3) is 0.385. The first kappa shape index (κ1) is 11.2. The van der Waals surface area contributed by atoms with Crippen LogP contribution in [-0.2, 0) is 9.53 Å². The fourth-order valence-electron chi connectivity index (χ4n) is 2.37. The van der Waals surface area contributed by atoms with Gasteiger partial charge in [0.2, 0.25) is 0 Å². The van der Waals surface area contributed by atoms with Crippen LogP contribution in [0.3, 0.4) is 0 Å². The van der Waals surface area contributed by atoms with Crippen molar-refractivity contribution in [3.63, 3.8) is 0 Å². The number of aromatic nitrogens is 2. The topological polar surface area (TPSA) is 44.1 Å². The van der Waals surface area contributed by atoms with Crippen LogP contribution in [0.4, 0.5) is 4.39 Å². The van der Waals surface area contributed by atoms with Gasteiger partial charge in [-0.3, -0.25) is 9.48 Å². The van der Waals surface area contributed by atoms with Crippen molar-refractivity contribution in [2.24, 2.45) is 5.92 Å². The summed E-state index contributed by atoms with van der Waals surface area (Å²) in [5.74, 6) is -0.443. The van der Waals surface area contributed by atoms with Crippen molar-refractivity contribution in [2.45, 2.75) is 18.9 Å². The van der Waals surface area contributed by atoms with Crippen molar-refractivity contribution in [1.29, 1.82) is 0 Å². The predicted molar refractivity (Wildman–Crippen MR) is 63.5 cm³/mol. The molecule has 0 N–H and O–H groups in total. The second-order valence-corrected chi connectivity index (χ2v) is 4.66. The Morgan fingerprint density at radius 3 is 3.00 bits per heavy atom. The number of hydrogen-bond donors (Lipinski definition) is 0. The van der Waals surface area contributed by atoms with E-state index in [1.807, 2.05) is 10.9 Å². The summed E-state index contributed by atoms with van der Waals surface area (Å²) in [6, 6.07) is 4.74. The Balaban J connectivity index is 1.79. The third-order valence-electron chi connectivity index (χ3n) is 3.51.